The third kappa shape index (κ3) is 6.72. The molecule has 1 aromatic rings. The third-order valence-electron chi connectivity index (χ3n) is 5.76. The van der Waals surface area contributed by atoms with Crippen LogP contribution in [0.4, 0.5) is 0 Å². The van der Waals surface area contributed by atoms with Crippen LogP contribution < -0.4 is 5.32 Å². The monoisotopic (exact) mass is 406 g/mol. The van der Waals surface area contributed by atoms with Crippen LogP contribution in [0.1, 0.15) is 59.7 Å². The number of ether oxygens (including phenoxy) is 2. The molecule has 1 heterocycles. The fraction of sp³-hybridized carbons (Fsp3) is 0.636. The van der Waals surface area contributed by atoms with Crippen molar-refractivity contribution in [3.05, 3.63) is 29.3 Å². The molecule has 1 saturated heterocycles. The highest BCUT2D eigenvalue weighted by atomic mass is 16.5. The molecule has 1 saturated carbocycles. The highest BCUT2D eigenvalue weighted by molar-refractivity contribution is 6.03. The molecule has 0 radical (unpaired) electrons. The Morgan fingerprint density at radius 2 is 1.69 bits per heavy atom. The standard InChI is InChI=1S/C12H24N2.C10H10O5/c1-2-14(12-4-3-5-12)10-11-6-8-13-9-7-11;1-14-9(12)7-4-3-6(11)5-8(7)10(13)15-2/h11-13H,2-10H2,1H3;3-5,11H,1-2H3. The fourth-order valence-electron chi connectivity index (χ4n) is 3.78. The van der Waals surface area contributed by atoms with Crippen LogP contribution in [-0.4, -0.2) is 68.4 Å². The van der Waals surface area contributed by atoms with Crippen LogP contribution in [0.3, 0.4) is 0 Å². The van der Waals surface area contributed by atoms with Gasteiger partial charge in [-0.15, -0.1) is 0 Å². The molecule has 2 aliphatic rings. The van der Waals surface area contributed by atoms with Gasteiger partial charge in [0, 0.05) is 12.6 Å². The van der Waals surface area contributed by atoms with E-state index in [2.05, 4.69) is 26.6 Å². The second-order valence-electron chi connectivity index (χ2n) is 7.58. The Hall–Kier alpha value is -2.12. The number of carbonyl (C=O) groups is 2. The number of rotatable bonds is 6. The smallest absolute Gasteiger partial charge is 0.338 e. The zero-order chi connectivity index (χ0) is 21.2. The molecule has 29 heavy (non-hydrogen) atoms. The van der Waals surface area contributed by atoms with Gasteiger partial charge in [0.25, 0.3) is 0 Å². The molecule has 7 heteroatoms. The zero-order valence-corrected chi connectivity index (χ0v) is 17.8. The largest absolute Gasteiger partial charge is 0.508 e. The summed E-state index contributed by atoms with van der Waals surface area (Å²) in [4.78, 5) is 25.2. The topological polar surface area (TPSA) is 88.1 Å². The second kappa shape index (κ2) is 11.8. The first-order valence-electron chi connectivity index (χ1n) is 10.4. The highest BCUT2D eigenvalue weighted by Crippen LogP contribution is 2.26. The number of esters is 2. The summed E-state index contributed by atoms with van der Waals surface area (Å²) in [6.07, 6.45) is 7.16. The molecule has 2 fully saturated rings. The minimum absolute atomic E-state index is 0.0237. The van der Waals surface area contributed by atoms with Crippen LogP contribution in [0.15, 0.2) is 18.2 Å². The van der Waals surface area contributed by atoms with Crippen LogP contribution >= 0.6 is 0 Å². The van der Waals surface area contributed by atoms with Crippen molar-refractivity contribution in [2.24, 2.45) is 5.92 Å². The molecule has 0 spiro atoms. The quantitative estimate of drug-likeness (QED) is 0.702. The lowest BCUT2D eigenvalue weighted by Gasteiger charge is -2.39. The van der Waals surface area contributed by atoms with Crippen LogP contribution in [0.25, 0.3) is 0 Å². The maximum Gasteiger partial charge on any atom is 0.338 e. The first-order valence-corrected chi connectivity index (χ1v) is 10.4. The average molecular weight is 407 g/mol. The van der Waals surface area contributed by atoms with Gasteiger partial charge >= 0.3 is 11.9 Å². The number of hydrogen-bond acceptors (Lipinski definition) is 7. The Morgan fingerprint density at radius 1 is 1.07 bits per heavy atom. The van der Waals surface area contributed by atoms with Gasteiger partial charge < -0.3 is 24.8 Å². The number of aromatic hydroxyl groups is 1. The van der Waals surface area contributed by atoms with E-state index in [4.69, 9.17) is 0 Å². The molecule has 2 N–H and O–H groups in total. The summed E-state index contributed by atoms with van der Waals surface area (Å²) >= 11 is 0. The van der Waals surface area contributed by atoms with Gasteiger partial charge in [-0.05, 0) is 69.4 Å². The zero-order valence-electron chi connectivity index (χ0n) is 17.8. The van der Waals surface area contributed by atoms with Gasteiger partial charge in [-0.1, -0.05) is 13.3 Å². The molecule has 7 nitrogen and oxygen atoms in total. The lowest BCUT2D eigenvalue weighted by Crippen LogP contribution is -2.44. The molecule has 0 aromatic heterocycles. The summed E-state index contributed by atoms with van der Waals surface area (Å²) in [6.45, 7) is 7.43. The molecule has 1 aliphatic heterocycles. The first kappa shape index (κ1) is 23.2. The lowest BCUT2D eigenvalue weighted by atomic mass is 9.89. The molecular formula is C22H34N2O5. The van der Waals surface area contributed by atoms with Crippen molar-refractivity contribution >= 4 is 11.9 Å². The Kier molecular flexibility index (Phi) is 9.41. The maximum absolute atomic E-state index is 11.3. The Bertz CT molecular complexity index is 669. The van der Waals surface area contributed by atoms with Crippen molar-refractivity contribution < 1.29 is 24.2 Å². The number of phenols is 1. The summed E-state index contributed by atoms with van der Waals surface area (Å²) in [7, 11) is 2.39. The van der Waals surface area contributed by atoms with Crippen LogP contribution in [0, 0.1) is 5.92 Å². The predicted molar refractivity (Wildman–Crippen MR) is 111 cm³/mol. The van der Waals surface area contributed by atoms with Gasteiger partial charge in [0.05, 0.1) is 25.3 Å². The van der Waals surface area contributed by atoms with Crippen molar-refractivity contribution in [3.63, 3.8) is 0 Å². The average Bonchev–Trinajstić information content (AvgIpc) is 2.72. The van der Waals surface area contributed by atoms with Crippen molar-refractivity contribution in [2.75, 3.05) is 40.4 Å². The molecule has 0 unspecified atom stereocenters. The number of piperidine rings is 1. The molecule has 1 aliphatic carbocycles. The molecule has 0 amide bonds. The second-order valence-corrected chi connectivity index (χ2v) is 7.58. The van der Waals surface area contributed by atoms with E-state index >= 15 is 0 Å². The van der Waals surface area contributed by atoms with E-state index in [0.717, 1.165) is 18.0 Å². The van der Waals surface area contributed by atoms with Gasteiger partial charge in [0.2, 0.25) is 0 Å². The SMILES string of the molecule is CCN(CC1CCNCC1)C1CCC1.COC(=O)c1ccc(O)cc1C(=O)OC. The molecule has 3 rings (SSSR count). The maximum atomic E-state index is 11.3. The third-order valence-corrected chi connectivity index (χ3v) is 5.76. The van der Waals surface area contributed by atoms with E-state index in [1.54, 1.807) is 0 Å². The predicted octanol–water partition coefficient (Wildman–Crippen LogP) is 2.83. The van der Waals surface area contributed by atoms with Crippen molar-refractivity contribution in [3.8, 4) is 5.75 Å². The fourth-order valence-corrected chi connectivity index (χ4v) is 3.78. The Balaban J connectivity index is 0.000000207. The summed E-state index contributed by atoms with van der Waals surface area (Å²) in [5.41, 5.74) is 0.0338. The lowest BCUT2D eigenvalue weighted by molar-refractivity contribution is 0.0555. The van der Waals surface area contributed by atoms with E-state index in [1.807, 2.05) is 0 Å². The van der Waals surface area contributed by atoms with Crippen LogP contribution in [0.2, 0.25) is 0 Å². The number of nitrogens with one attached hydrogen (secondary N) is 1. The van der Waals surface area contributed by atoms with E-state index in [9.17, 15) is 14.7 Å². The van der Waals surface area contributed by atoms with Crippen molar-refractivity contribution in [1.29, 1.82) is 0 Å². The molecule has 0 bridgehead atoms. The number of nitrogens with zero attached hydrogens (tertiary/aromatic N) is 1. The number of methoxy groups -OCH3 is 2. The Labute approximate surface area is 173 Å². The molecule has 0 atom stereocenters. The summed E-state index contributed by atoms with van der Waals surface area (Å²) < 4.78 is 8.95. The first-order chi connectivity index (χ1) is 14.0. The van der Waals surface area contributed by atoms with Crippen LogP contribution in [-0.2, 0) is 9.47 Å². The number of hydrogen-bond donors (Lipinski definition) is 2. The van der Waals surface area contributed by atoms with E-state index < -0.39 is 11.9 Å². The normalized spacial score (nSPS) is 17.1. The summed E-state index contributed by atoms with van der Waals surface area (Å²) in [6, 6.07) is 4.68. The summed E-state index contributed by atoms with van der Waals surface area (Å²) in [5.74, 6) is -0.512. The Morgan fingerprint density at radius 3 is 2.21 bits per heavy atom. The van der Waals surface area contributed by atoms with Crippen molar-refractivity contribution in [2.45, 2.75) is 45.1 Å². The van der Waals surface area contributed by atoms with Gasteiger partial charge in [0.1, 0.15) is 5.75 Å². The molecule has 1 aromatic carbocycles. The minimum Gasteiger partial charge on any atom is -0.508 e. The minimum atomic E-state index is -0.702. The van der Waals surface area contributed by atoms with Crippen molar-refractivity contribution in [1.82, 2.24) is 10.2 Å². The van der Waals surface area contributed by atoms with E-state index in [-0.39, 0.29) is 16.9 Å². The van der Waals surface area contributed by atoms with Gasteiger partial charge in [-0.25, -0.2) is 9.59 Å². The van der Waals surface area contributed by atoms with Gasteiger partial charge in [0.15, 0.2) is 0 Å². The van der Waals surface area contributed by atoms with E-state index in [0.29, 0.717) is 0 Å². The number of benzene rings is 1. The molecular weight excluding hydrogens is 372 g/mol. The molecule has 162 valence electrons. The van der Waals surface area contributed by atoms with Crippen LogP contribution in [0.5, 0.6) is 5.75 Å². The number of carbonyl (C=O) groups excluding carboxylic acids is 2. The number of phenolic OH excluding ortho intramolecular Hbond substituents is 1. The highest BCUT2D eigenvalue weighted by Gasteiger charge is 2.26. The summed E-state index contributed by atoms with van der Waals surface area (Å²) in [5, 5.41) is 12.6. The van der Waals surface area contributed by atoms with E-state index in [1.165, 1.54) is 84.6 Å². The van der Waals surface area contributed by atoms with Gasteiger partial charge in [-0.3, -0.25) is 0 Å². The van der Waals surface area contributed by atoms with Gasteiger partial charge in [-0.2, -0.15) is 0 Å².